The quantitative estimate of drug-likeness (QED) is 0.563. The number of hydrogen-bond acceptors (Lipinski definition) is 3. The van der Waals surface area contributed by atoms with E-state index in [1.165, 1.54) is 17.8 Å². The third-order valence-electron chi connectivity index (χ3n) is 2.61. The highest BCUT2D eigenvalue weighted by atomic mass is 32.2. The maximum Gasteiger partial charge on any atom is 0.137 e. The third-order valence-corrected chi connectivity index (χ3v) is 4.10. The molecule has 4 heteroatoms. The maximum atomic E-state index is 13.8. The van der Waals surface area contributed by atoms with Gasteiger partial charge in [0.2, 0.25) is 0 Å². The van der Waals surface area contributed by atoms with Gasteiger partial charge in [0.25, 0.3) is 0 Å². The molecule has 0 aliphatic heterocycles. The second-order valence-electron chi connectivity index (χ2n) is 4.50. The summed E-state index contributed by atoms with van der Waals surface area (Å²) in [6, 6.07) is 5.20. The van der Waals surface area contributed by atoms with Crippen molar-refractivity contribution in [3.05, 3.63) is 29.6 Å². The molecule has 0 bridgehead atoms. The van der Waals surface area contributed by atoms with Gasteiger partial charge in [0, 0.05) is 23.8 Å². The van der Waals surface area contributed by atoms with Crippen LogP contribution in [-0.2, 0) is 6.54 Å². The van der Waals surface area contributed by atoms with Gasteiger partial charge in [-0.3, -0.25) is 0 Å². The minimum Gasteiger partial charge on any atom is -0.396 e. The molecule has 102 valence electrons. The van der Waals surface area contributed by atoms with E-state index in [9.17, 15) is 4.39 Å². The predicted octanol–water partition coefficient (Wildman–Crippen LogP) is 3.05. The van der Waals surface area contributed by atoms with Crippen molar-refractivity contribution in [1.82, 2.24) is 5.32 Å². The smallest absolute Gasteiger partial charge is 0.137 e. The van der Waals surface area contributed by atoms with Crippen molar-refractivity contribution < 1.29 is 9.50 Å². The Hall–Kier alpha value is -0.580. The Morgan fingerprint density at radius 3 is 2.89 bits per heavy atom. The first-order valence-electron chi connectivity index (χ1n) is 6.40. The van der Waals surface area contributed by atoms with E-state index < -0.39 is 0 Å². The summed E-state index contributed by atoms with van der Waals surface area (Å²) in [7, 11) is 0. The molecule has 1 aromatic carbocycles. The molecule has 0 spiro atoms. The summed E-state index contributed by atoms with van der Waals surface area (Å²) in [4.78, 5) is 0.710. The lowest BCUT2D eigenvalue weighted by Crippen LogP contribution is -2.15. The van der Waals surface area contributed by atoms with Crippen LogP contribution in [0.2, 0.25) is 0 Å². The van der Waals surface area contributed by atoms with Crippen LogP contribution in [0.5, 0.6) is 0 Å². The predicted molar refractivity (Wildman–Crippen MR) is 75.4 cm³/mol. The molecule has 1 aromatic rings. The van der Waals surface area contributed by atoms with Gasteiger partial charge in [0.1, 0.15) is 5.82 Å². The summed E-state index contributed by atoms with van der Waals surface area (Å²) in [5, 5.41) is 12.3. The van der Waals surface area contributed by atoms with E-state index >= 15 is 0 Å². The van der Waals surface area contributed by atoms with Crippen molar-refractivity contribution in [2.24, 2.45) is 5.92 Å². The molecule has 0 saturated carbocycles. The Balaban J connectivity index is 2.67. The molecule has 0 aliphatic carbocycles. The van der Waals surface area contributed by atoms with Gasteiger partial charge in [-0.2, -0.15) is 0 Å². The topological polar surface area (TPSA) is 32.3 Å². The molecule has 0 aromatic heterocycles. The molecule has 0 amide bonds. The van der Waals surface area contributed by atoms with Crippen LogP contribution in [-0.4, -0.2) is 24.0 Å². The van der Waals surface area contributed by atoms with Gasteiger partial charge >= 0.3 is 0 Å². The van der Waals surface area contributed by atoms with Crippen molar-refractivity contribution in [2.75, 3.05) is 18.9 Å². The summed E-state index contributed by atoms with van der Waals surface area (Å²) < 4.78 is 13.8. The van der Waals surface area contributed by atoms with Gasteiger partial charge in [-0.1, -0.05) is 26.0 Å². The zero-order valence-electron chi connectivity index (χ0n) is 11.1. The SMILES string of the molecule is CCCNCc1cccc(F)c1SCC(C)CO. The average Bonchev–Trinajstić information content (AvgIpc) is 2.38. The molecule has 0 heterocycles. The molecule has 1 rings (SSSR count). The molecule has 0 saturated heterocycles. The van der Waals surface area contributed by atoms with Gasteiger partial charge in [-0.15, -0.1) is 11.8 Å². The van der Waals surface area contributed by atoms with Gasteiger partial charge in [-0.05, 0) is 30.5 Å². The highest BCUT2D eigenvalue weighted by Gasteiger charge is 2.10. The zero-order chi connectivity index (χ0) is 13.4. The molecule has 18 heavy (non-hydrogen) atoms. The van der Waals surface area contributed by atoms with Crippen molar-refractivity contribution in [1.29, 1.82) is 0 Å². The monoisotopic (exact) mass is 271 g/mol. The lowest BCUT2D eigenvalue weighted by atomic mass is 10.2. The minimum absolute atomic E-state index is 0.144. The normalized spacial score (nSPS) is 12.7. The number of hydrogen-bond donors (Lipinski definition) is 2. The van der Waals surface area contributed by atoms with E-state index in [0.29, 0.717) is 11.4 Å². The van der Waals surface area contributed by atoms with E-state index in [2.05, 4.69) is 12.2 Å². The first-order valence-corrected chi connectivity index (χ1v) is 7.39. The van der Waals surface area contributed by atoms with Gasteiger partial charge in [0.15, 0.2) is 0 Å². The lowest BCUT2D eigenvalue weighted by Gasteiger charge is -2.13. The van der Waals surface area contributed by atoms with E-state index in [4.69, 9.17) is 5.11 Å². The van der Waals surface area contributed by atoms with E-state index in [1.54, 1.807) is 6.07 Å². The van der Waals surface area contributed by atoms with E-state index in [1.807, 2.05) is 13.0 Å². The second kappa shape index (κ2) is 8.51. The minimum atomic E-state index is -0.166. The van der Waals surface area contributed by atoms with Crippen LogP contribution in [0.25, 0.3) is 0 Å². The van der Waals surface area contributed by atoms with Gasteiger partial charge in [-0.25, -0.2) is 4.39 Å². The Kier molecular flexibility index (Phi) is 7.32. The van der Waals surface area contributed by atoms with Crippen LogP contribution in [0, 0.1) is 11.7 Å². The summed E-state index contributed by atoms with van der Waals surface area (Å²) in [5.41, 5.74) is 0.999. The third kappa shape index (κ3) is 4.96. The number of benzene rings is 1. The highest BCUT2D eigenvalue weighted by molar-refractivity contribution is 7.99. The standard InChI is InChI=1S/C14H22FNOS/c1-3-7-16-8-12-5-4-6-13(15)14(12)18-10-11(2)9-17/h4-6,11,16-17H,3,7-10H2,1-2H3. The van der Waals surface area contributed by atoms with Crippen molar-refractivity contribution in [3.63, 3.8) is 0 Å². The number of aliphatic hydroxyl groups excluding tert-OH is 1. The Morgan fingerprint density at radius 2 is 2.22 bits per heavy atom. The summed E-state index contributed by atoms with van der Waals surface area (Å²) in [6.07, 6.45) is 1.07. The number of nitrogens with one attached hydrogen (secondary N) is 1. The summed E-state index contributed by atoms with van der Waals surface area (Å²) in [5.74, 6) is 0.755. The first-order chi connectivity index (χ1) is 8.69. The van der Waals surface area contributed by atoms with Crippen LogP contribution in [0.1, 0.15) is 25.8 Å². The molecular formula is C14H22FNOS. The van der Waals surface area contributed by atoms with Crippen molar-refractivity contribution in [2.45, 2.75) is 31.7 Å². The molecule has 0 radical (unpaired) electrons. The molecule has 0 fully saturated rings. The lowest BCUT2D eigenvalue weighted by molar-refractivity contribution is 0.250. The van der Waals surface area contributed by atoms with Crippen LogP contribution < -0.4 is 5.32 Å². The van der Waals surface area contributed by atoms with Crippen LogP contribution in [0.3, 0.4) is 0 Å². The Labute approximate surface area is 113 Å². The fourth-order valence-corrected chi connectivity index (χ4v) is 2.62. The van der Waals surface area contributed by atoms with Gasteiger partial charge < -0.3 is 10.4 Å². The number of rotatable bonds is 8. The molecule has 0 aliphatic rings. The molecule has 1 atom stereocenters. The van der Waals surface area contributed by atoms with Crippen LogP contribution >= 0.6 is 11.8 Å². The van der Waals surface area contributed by atoms with E-state index in [-0.39, 0.29) is 18.3 Å². The first kappa shape index (κ1) is 15.5. The number of thioether (sulfide) groups is 1. The summed E-state index contributed by atoms with van der Waals surface area (Å²) in [6.45, 7) is 5.85. The Morgan fingerprint density at radius 1 is 1.44 bits per heavy atom. The molecule has 2 nitrogen and oxygen atoms in total. The number of aliphatic hydroxyl groups is 1. The van der Waals surface area contributed by atoms with Crippen molar-refractivity contribution in [3.8, 4) is 0 Å². The van der Waals surface area contributed by atoms with Gasteiger partial charge in [0.05, 0.1) is 0 Å². The molecular weight excluding hydrogens is 249 g/mol. The molecule has 1 unspecified atom stereocenters. The molecule has 2 N–H and O–H groups in total. The second-order valence-corrected chi connectivity index (χ2v) is 5.53. The van der Waals surface area contributed by atoms with Crippen LogP contribution in [0.15, 0.2) is 23.1 Å². The largest absolute Gasteiger partial charge is 0.396 e. The highest BCUT2D eigenvalue weighted by Crippen LogP contribution is 2.27. The zero-order valence-corrected chi connectivity index (χ0v) is 11.9. The average molecular weight is 271 g/mol. The summed E-state index contributed by atoms with van der Waals surface area (Å²) >= 11 is 1.49. The Bertz CT molecular complexity index is 360. The number of halogens is 1. The fraction of sp³-hybridized carbons (Fsp3) is 0.571. The fourth-order valence-electron chi connectivity index (χ4n) is 1.53. The maximum absolute atomic E-state index is 13.8. The van der Waals surface area contributed by atoms with E-state index in [0.717, 1.165) is 24.3 Å². The van der Waals surface area contributed by atoms with Crippen LogP contribution in [0.4, 0.5) is 4.39 Å². The van der Waals surface area contributed by atoms with Crippen molar-refractivity contribution >= 4 is 11.8 Å².